The molecule has 1 rings (SSSR count). The molecule has 0 bridgehead atoms. The van der Waals surface area contributed by atoms with Crippen molar-refractivity contribution >= 4 is 33.6 Å². The van der Waals surface area contributed by atoms with E-state index in [1.165, 1.54) is 24.3 Å². The average molecular weight is 345 g/mol. The highest BCUT2D eigenvalue weighted by Crippen LogP contribution is 2.42. The van der Waals surface area contributed by atoms with Gasteiger partial charge in [-0.15, -0.1) is 0 Å². The number of benzene rings is 1. The summed E-state index contributed by atoms with van der Waals surface area (Å²) in [7, 11) is -8.77. The van der Waals surface area contributed by atoms with E-state index >= 15 is 0 Å². The molecule has 0 aliphatic rings. The lowest BCUT2D eigenvalue weighted by atomic mass is 10.4. The molecular formula is C8H10BrO6PS. The predicted octanol–water partition coefficient (Wildman–Crippen LogP) is 1.68. The van der Waals surface area contributed by atoms with Crippen LogP contribution in [0.4, 0.5) is 0 Å². The molecule has 1 atom stereocenters. The van der Waals surface area contributed by atoms with Crippen LogP contribution in [0.3, 0.4) is 0 Å². The fourth-order valence-corrected chi connectivity index (χ4v) is 2.90. The molecule has 0 radical (unpaired) electrons. The Morgan fingerprint density at radius 2 is 1.76 bits per heavy atom. The zero-order chi connectivity index (χ0) is 13.3. The van der Waals surface area contributed by atoms with Gasteiger partial charge in [0.25, 0.3) is 10.1 Å². The van der Waals surface area contributed by atoms with Gasteiger partial charge in [0.05, 0.1) is 4.90 Å². The van der Waals surface area contributed by atoms with Gasteiger partial charge >= 0.3 is 7.60 Å². The molecule has 0 saturated carbocycles. The Morgan fingerprint density at radius 1 is 1.29 bits per heavy atom. The second kappa shape index (κ2) is 5.17. The smallest absolute Gasteiger partial charge is 0.323 e. The zero-order valence-corrected chi connectivity index (χ0v) is 11.9. The van der Waals surface area contributed by atoms with Gasteiger partial charge in [-0.2, -0.15) is 8.42 Å². The molecule has 1 aromatic rings. The summed E-state index contributed by atoms with van der Waals surface area (Å²) in [6.45, 7) is 0.997. The molecule has 0 spiro atoms. The Labute approximate surface area is 107 Å². The molecule has 0 heterocycles. The largest absolute Gasteiger partial charge is 0.355 e. The van der Waals surface area contributed by atoms with Gasteiger partial charge in [0.2, 0.25) is 0 Å². The van der Waals surface area contributed by atoms with E-state index in [0.29, 0.717) is 4.47 Å². The average Bonchev–Trinajstić information content (AvgIpc) is 2.16. The molecule has 0 amide bonds. The molecular weight excluding hydrogens is 335 g/mol. The van der Waals surface area contributed by atoms with Crippen molar-refractivity contribution in [2.45, 2.75) is 17.7 Å². The number of hydrogen-bond donors (Lipinski definition) is 2. The predicted molar refractivity (Wildman–Crippen MR) is 63.9 cm³/mol. The number of hydrogen-bond acceptors (Lipinski definition) is 4. The minimum absolute atomic E-state index is 0.166. The Hall–Kier alpha value is -0.240. The Bertz CT molecular complexity index is 534. The summed E-state index contributed by atoms with van der Waals surface area (Å²) in [5.41, 5.74) is 0. The normalized spacial score (nSPS) is 14.6. The van der Waals surface area contributed by atoms with Gasteiger partial charge in [-0.05, 0) is 31.2 Å². The highest BCUT2D eigenvalue weighted by Gasteiger charge is 2.30. The maximum atomic E-state index is 11.6. The van der Waals surface area contributed by atoms with Crippen LogP contribution in [0.1, 0.15) is 6.92 Å². The Balaban J connectivity index is 2.98. The van der Waals surface area contributed by atoms with Crippen molar-refractivity contribution in [3.8, 4) is 0 Å². The van der Waals surface area contributed by atoms with Crippen LogP contribution in [-0.2, 0) is 18.9 Å². The summed E-state index contributed by atoms with van der Waals surface area (Å²) in [6, 6.07) is 5.51. The first kappa shape index (κ1) is 14.8. The standard InChI is InChI=1S/C8H10BrO6PS/c1-6(16(10,11)12)15-17(13,14)8-4-2-7(9)3-5-8/h2-6H,1H3,(H2,10,11,12). The highest BCUT2D eigenvalue weighted by atomic mass is 79.9. The van der Waals surface area contributed by atoms with Crippen molar-refractivity contribution in [1.29, 1.82) is 0 Å². The van der Waals surface area contributed by atoms with Gasteiger partial charge in [-0.25, -0.2) is 0 Å². The fraction of sp³-hybridized carbons (Fsp3) is 0.250. The second-order valence-corrected chi connectivity index (χ2v) is 7.59. The molecule has 1 aromatic carbocycles. The van der Waals surface area contributed by atoms with Crippen molar-refractivity contribution in [1.82, 2.24) is 0 Å². The van der Waals surface area contributed by atoms with Crippen molar-refractivity contribution in [2.75, 3.05) is 0 Å². The summed E-state index contributed by atoms with van der Waals surface area (Å²) in [5, 5.41) is 0. The van der Waals surface area contributed by atoms with Crippen LogP contribution in [-0.4, -0.2) is 24.0 Å². The molecule has 0 aromatic heterocycles. The van der Waals surface area contributed by atoms with Crippen LogP contribution < -0.4 is 0 Å². The molecule has 1 unspecified atom stereocenters. The third kappa shape index (κ3) is 4.17. The number of halogens is 1. The first-order chi connectivity index (χ1) is 7.63. The van der Waals surface area contributed by atoms with Crippen molar-refractivity contribution < 1.29 is 27.0 Å². The minimum atomic E-state index is -4.59. The Kier molecular flexibility index (Phi) is 4.51. The lowest BCUT2D eigenvalue weighted by Gasteiger charge is -2.14. The fourth-order valence-electron chi connectivity index (χ4n) is 0.896. The SMILES string of the molecule is CC(OS(=O)(=O)c1ccc(Br)cc1)P(=O)(O)O. The molecule has 0 aliphatic heterocycles. The maximum Gasteiger partial charge on any atom is 0.355 e. The van der Waals surface area contributed by atoms with Gasteiger partial charge in [0, 0.05) is 4.47 Å². The molecule has 0 fully saturated rings. The van der Waals surface area contributed by atoms with E-state index in [1.54, 1.807) is 0 Å². The van der Waals surface area contributed by atoms with E-state index in [-0.39, 0.29) is 4.90 Å². The van der Waals surface area contributed by atoms with Crippen LogP contribution in [0.5, 0.6) is 0 Å². The molecule has 6 nitrogen and oxygen atoms in total. The summed E-state index contributed by atoms with van der Waals surface area (Å²) in [6.07, 6.45) is 0. The van der Waals surface area contributed by atoms with E-state index in [2.05, 4.69) is 20.1 Å². The quantitative estimate of drug-likeness (QED) is 0.636. The first-order valence-corrected chi connectivity index (χ1v) is 8.25. The summed E-state index contributed by atoms with van der Waals surface area (Å²) in [4.78, 5) is 17.3. The highest BCUT2D eigenvalue weighted by molar-refractivity contribution is 9.10. The van der Waals surface area contributed by atoms with Crippen LogP contribution in [0.2, 0.25) is 0 Å². The molecule has 0 saturated heterocycles. The van der Waals surface area contributed by atoms with E-state index in [0.717, 1.165) is 6.92 Å². The third-order valence-electron chi connectivity index (χ3n) is 1.84. The summed E-state index contributed by atoms with van der Waals surface area (Å²) < 4.78 is 39.1. The second-order valence-electron chi connectivity index (χ2n) is 3.19. The molecule has 0 aliphatic carbocycles. The molecule has 17 heavy (non-hydrogen) atoms. The number of rotatable bonds is 4. The molecule has 9 heteroatoms. The summed E-state index contributed by atoms with van der Waals surface area (Å²) in [5.74, 6) is -1.71. The van der Waals surface area contributed by atoms with Crippen molar-refractivity contribution in [3.63, 3.8) is 0 Å². The summed E-state index contributed by atoms with van der Waals surface area (Å²) >= 11 is 3.13. The monoisotopic (exact) mass is 344 g/mol. The molecule has 96 valence electrons. The van der Waals surface area contributed by atoms with Gasteiger partial charge in [0.1, 0.15) is 0 Å². The van der Waals surface area contributed by atoms with E-state index < -0.39 is 23.6 Å². The van der Waals surface area contributed by atoms with Gasteiger partial charge < -0.3 is 9.79 Å². The van der Waals surface area contributed by atoms with E-state index in [9.17, 15) is 13.0 Å². The lowest BCUT2D eigenvalue weighted by molar-refractivity contribution is 0.241. The van der Waals surface area contributed by atoms with E-state index in [4.69, 9.17) is 9.79 Å². The molecule has 2 N–H and O–H groups in total. The van der Waals surface area contributed by atoms with E-state index in [1.807, 2.05) is 0 Å². The lowest BCUT2D eigenvalue weighted by Crippen LogP contribution is -2.15. The van der Waals surface area contributed by atoms with Crippen LogP contribution in [0.25, 0.3) is 0 Å². The Morgan fingerprint density at radius 3 is 2.18 bits per heavy atom. The minimum Gasteiger partial charge on any atom is -0.323 e. The van der Waals surface area contributed by atoms with Gasteiger partial charge in [-0.1, -0.05) is 15.9 Å². The first-order valence-electron chi connectivity index (χ1n) is 4.37. The van der Waals surface area contributed by atoms with Crippen molar-refractivity contribution in [3.05, 3.63) is 28.7 Å². The van der Waals surface area contributed by atoms with Gasteiger partial charge in [0.15, 0.2) is 5.85 Å². The van der Waals surface area contributed by atoms with Crippen LogP contribution in [0, 0.1) is 0 Å². The third-order valence-corrected chi connectivity index (χ3v) is 4.96. The van der Waals surface area contributed by atoms with Gasteiger partial charge in [-0.3, -0.25) is 8.75 Å². The van der Waals surface area contributed by atoms with Crippen molar-refractivity contribution in [2.24, 2.45) is 0 Å². The maximum absolute atomic E-state index is 11.6. The zero-order valence-electron chi connectivity index (χ0n) is 8.65. The topological polar surface area (TPSA) is 101 Å². The van der Waals surface area contributed by atoms with Crippen LogP contribution in [0.15, 0.2) is 33.6 Å². The van der Waals surface area contributed by atoms with Crippen LogP contribution >= 0.6 is 23.5 Å².